The van der Waals surface area contributed by atoms with Crippen LogP contribution in [0.4, 0.5) is 8.78 Å². The van der Waals surface area contributed by atoms with Crippen LogP contribution in [-0.2, 0) is 0 Å². The second-order valence-electron chi connectivity index (χ2n) is 2.42. The Bertz CT molecular complexity index is 103. The molecule has 1 aliphatic rings. The molecule has 1 saturated heterocycles. The predicted octanol–water partition coefficient (Wildman–Crippen LogP) is -0.0241. The van der Waals surface area contributed by atoms with Gasteiger partial charge in [-0.25, -0.2) is 8.78 Å². The van der Waals surface area contributed by atoms with Crippen LogP contribution >= 0.6 is 0 Å². The van der Waals surface area contributed by atoms with Gasteiger partial charge >= 0.3 is 0 Å². The van der Waals surface area contributed by atoms with Crippen molar-refractivity contribution in [2.24, 2.45) is 0 Å². The smallest absolute Gasteiger partial charge is 0.241 e. The van der Waals surface area contributed by atoms with Gasteiger partial charge in [0.15, 0.2) is 0 Å². The van der Waals surface area contributed by atoms with E-state index in [0.717, 1.165) is 0 Å². The molecule has 1 fully saturated rings. The molecule has 0 aromatic heterocycles. The number of nitrogens with one attached hydrogen (secondary N) is 1. The van der Waals surface area contributed by atoms with Gasteiger partial charge in [-0.05, 0) is 0 Å². The SMILES string of the molecule is OC1(CC(F)F)CNC1. The first-order chi connectivity index (χ1) is 4.12. The number of rotatable bonds is 2. The first-order valence-corrected chi connectivity index (χ1v) is 2.84. The van der Waals surface area contributed by atoms with Crippen molar-refractivity contribution in [1.82, 2.24) is 5.32 Å². The van der Waals surface area contributed by atoms with Gasteiger partial charge in [-0.3, -0.25) is 0 Å². The molecule has 0 radical (unpaired) electrons. The second kappa shape index (κ2) is 2.19. The van der Waals surface area contributed by atoms with Crippen molar-refractivity contribution in [3.63, 3.8) is 0 Å². The number of β-amino-alcohol motifs (C(OH)–C–C–N with tert-alkyl or cyclic N) is 1. The van der Waals surface area contributed by atoms with Gasteiger partial charge in [0.25, 0.3) is 0 Å². The summed E-state index contributed by atoms with van der Waals surface area (Å²) in [5, 5.41) is 11.8. The third-order valence-corrected chi connectivity index (χ3v) is 1.44. The van der Waals surface area contributed by atoms with Gasteiger partial charge in [0.05, 0.1) is 5.60 Å². The molecule has 1 heterocycles. The molecule has 2 N–H and O–H groups in total. The van der Waals surface area contributed by atoms with Crippen LogP contribution in [0.15, 0.2) is 0 Å². The fourth-order valence-electron chi connectivity index (χ4n) is 0.845. The molecule has 0 amide bonds. The number of hydrogen-bond acceptors (Lipinski definition) is 2. The molecule has 0 bridgehead atoms. The Labute approximate surface area is 51.9 Å². The molecule has 2 nitrogen and oxygen atoms in total. The maximum atomic E-state index is 11.6. The molecular formula is C5H9F2NO. The average molecular weight is 137 g/mol. The molecule has 1 rings (SSSR count). The van der Waals surface area contributed by atoms with Gasteiger partial charge in [-0.1, -0.05) is 0 Å². The van der Waals surface area contributed by atoms with Gasteiger partial charge < -0.3 is 10.4 Å². The van der Waals surface area contributed by atoms with Crippen LogP contribution in [0.5, 0.6) is 0 Å². The van der Waals surface area contributed by atoms with Gasteiger partial charge in [-0.2, -0.15) is 0 Å². The van der Waals surface area contributed by atoms with Crippen molar-refractivity contribution in [1.29, 1.82) is 0 Å². The van der Waals surface area contributed by atoms with E-state index < -0.39 is 18.4 Å². The summed E-state index contributed by atoms with van der Waals surface area (Å²) in [4.78, 5) is 0. The molecule has 1 aliphatic heterocycles. The minimum Gasteiger partial charge on any atom is -0.387 e. The second-order valence-corrected chi connectivity index (χ2v) is 2.42. The fraction of sp³-hybridized carbons (Fsp3) is 1.00. The van der Waals surface area contributed by atoms with Crippen LogP contribution in [0.1, 0.15) is 6.42 Å². The summed E-state index contributed by atoms with van der Waals surface area (Å²) in [6.07, 6.45) is -2.79. The van der Waals surface area contributed by atoms with Crippen LogP contribution in [0, 0.1) is 0 Å². The normalized spacial score (nSPS) is 24.0. The molecule has 0 aliphatic carbocycles. The Kier molecular flexibility index (Phi) is 1.68. The molecular weight excluding hydrogens is 128 g/mol. The van der Waals surface area contributed by atoms with E-state index >= 15 is 0 Å². The van der Waals surface area contributed by atoms with E-state index in [-0.39, 0.29) is 0 Å². The van der Waals surface area contributed by atoms with Crippen molar-refractivity contribution < 1.29 is 13.9 Å². The quantitative estimate of drug-likeness (QED) is 0.560. The van der Waals surface area contributed by atoms with Gasteiger partial charge in [0, 0.05) is 19.5 Å². The molecule has 4 heteroatoms. The lowest BCUT2D eigenvalue weighted by Gasteiger charge is -2.37. The Morgan fingerprint density at radius 1 is 1.56 bits per heavy atom. The standard InChI is InChI=1S/C5H9F2NO/c6-4(7)1-5(9)2-8-3-5/h4,8-9H,1-3H2. The molecule has 9 heavy (non-hydrogen) atoms. The molecule has 0 saturated carbocycles. The first-order valence-electron chi connectivity index (χ1n) is 2.84. The van der Waals surface area contributed by atoms with Crippen LogP contribution in [-0.4, -0.2) is 30.2 Å². The Hall–Kier alpha value is -0.220. The van der Waals surface area contributed by atoms with E-state index in [1.807, 2.05) is 0 Å². The minimum absolute atomic E-state index is 0.303. The summed E-state index contributed by atoms with van der Waals surface area (Å²) in [5.74, 6) is 0. The number of halogens is 2. The third kappa shape index (κ3) is 1.59. The zero-order chi connectivity index (χ0) is 6.91. The van der Waals surface area contributed by atoms with E-state index in [2.05, 4.69) is 5.32 Å². The lowest BCUT2D eigenvalue weighted by molar-refractivity contribution is -0.0571. The molecule has 0 spiro atoms. The van der Waals surface area contributed by atoms with E-state index in [1.165, 1.54) is 0 Å². The van der Waals surface area contributed by atoms with Crippen molar-refractivity contribution in [2.45, 2.75) is 18.4 Å². The molecule has 0 aromatic carbocycles. The van der Waals surface area contributed by atoms with Crippen LogP contribution < -0.4 is 5.32 Å². The zero-order valence-corrected chi connectivity index (χ0v) is 4.90. The lowest BCUT2D eigenvalue weighted by atomic mass is 9.94. The highest BCUT2D eigenvalue weighted by Gasteiger charge is 2.36. The average Bonchev–Trinajstić information content (AvgIpc) is 1.60. The summed E-state index contributed by atoms with van der Waals surface area (Å²) in [6.45, 7) is 0.606. The predicted molar refractivity (Wildman–Crippen MR) is 28.4 cm³/mol. The van der Waals surface area contributed by atoms with E-state index in [1.54, 1.807) is 0 Å². The number of hydrogen-bond donors (Lipinski definition) is 2. The zero-order valence-electron chi connectivity index (χ0n) is 4.90. The van der Waals surface area contributed by atoms with Crippen LogP contribution in [0.2, 0.25) is 0 Å². The highest BCUT2D eigenvalue weighted by molar-refractivity contribution is 4.92. The van der Waals surface area contributed by atoms with Gasteiger partial charge in [-0.15, -0.1) is 0 Å². The molecule has 0 aromatic rings. The summed E-state index contributed by atoms with van der Waals surface area (Å²) in [6, 6.07) is 0. The van der Waals surface area contributed by atoms with Gasteiger partial charge in [0.2, 0.25) is 6.43 Å². The largest absolute Gasteiger partial charge is 0.387 e. The first kappa shape index (κ1) is 6.89. The maximum absolute atomic E-state index is 11.6. The van der Waals surface area contributed by atoms with Gasteiger partial charge in [0.1, 0.15) is 0 Å². The molecule has 54 valence electrons. The lowest BCUT2D eigenvalue weighted by Crippen LogP contribution is -2.60. The van der Waals surface area contributed by atoms with Crippen molar-refractivity contribution in [3.8, 4) is 0 Å². The summed E-state index contributed by atoms with van der Waals surface area (Å²) >= 11 is 0. The Morgan fingerprint density at radius 3 is 2.22 bits per heavy atom. The summed E-state index contributed by atoms with van der Waals surface area (Å²) in [7, 11) is 0. The Morgan fingerprint density at radius 2 is 2.11 bits per heavy atom. The van der Waals surface area contributed by atoms with Crippen molar-refractivity contribution >= 4 is 0 Å². The van der Waals surface area contributed by atoms with Crippen molar-refractivity contribution in [3.05, 3.63) is 0 Å². The number of aliphatic hydroxyl groups is 1. The number of alkyl halides is 2. The Balaban J connectivity index is 2.24. The third-order valence-electron chi connectivity index (χ3n) is 1.44. The highest BCUT2D eigenvalue weighted by atomic mass is 19.3. The van der Waals surface area contributed by atoms with E-state index in [0.29, 0.717) is 13.1 Å². The summed E-state index contributed by atoms with van der Waals surface area (Å²) < 4.78 is 23.1. The molecule has 0 atom stereocenters. The fourth-order valence-corrected chi connectivity index (χ4v) is 0.845. The van der Waals surface area contributed by atoms with Crippen LogP contribution in [0.3, 0.4) is 0 Å². The topological polar surface area (TPSA) is 32.3 Å². The molecule has 0 unspecified atom stereocenters. The summed E-state index contributed by atoms with van der Waals surface area (Å²) in [5.41, 5.74) is -1.12. The van der Waals surface area contributed by atoms with Crippen molar-refractivity contribution in [2.75, 3.05) is 13.1 Å². The monoisotopic (exact) mass is 137 g/mol. The maximum Gasteiger partial charge on any atom is 0.241 e. The van der Waals surface area contributed by atoms with E-state index in [4.69, 9.17) is 5.11 Å². The highest BCUT2D eigenvalue weighted by Crippen LogP contribution is 2.19. The van der Waals surface area contributed by atoms with E-state index in [9.17, 15) is 8.78 Å². The minimum atomic E-state index is -2.39. The van der Waals surface area contributed by atoms with Crippen LogP contribution in [0.25, 0.3) is 0 Å².